The van der Waals surface area contributed by atoms with Crippen molar-refractivity contribution in [3.8, 4) is 5.75 Å². The maximum atomic E-state index is 11.7. The van der Waals surface area contributed by atoms with E-state index in [0.717, 1.165) is 5.56 Å². The van der Waals surface area contributed by atoms with E-state index >= 15 is 0 Å². The molecule has 0 aliphatic rings. The standard InChI is InChI=1S/C16H14Cl2N2O2/c1-11(12-5-3-2-4-6-12)19-20-16(21)10-22-15-8-7-13(17)9-14(15)18/h2-9H,10H2,1H3,(H,20,21)/b19-11-. The van der Waals surface area contributed by atoms with E-state index in [0.29, 0.717) is 21.5 Å². The van der Waals surface area contributed by atoms with Gasteiger partial charge in [0.25, 0.3) is 5.91 Å². The van der Waals surface area contributed by atoms with Crippen LogP contribution in [-0.2, 0) is 4.79 Å². The first-order valence-electron chi connectivity index (χ1n) is 6.52. The molecule has 1 amide bonds. The molecule has 0 aromatic heterocycles. The van der Waals surface area contributed by atoms with E-state index in [2.05, 4.69) is 10.5 Å². The molecule has 0 aliphatic carbocycles. The second-order valence-corrected chi connectivity index (χ2v) is 5.31. The van der Waals surface area contributed by atoms with Gasteiger partial charge in [-0.1, -0.05) is 53.5 Å². The average molecular weight is 337 g/mol. The molecule has 4 nitrogen and oxygen atoms in total. The zero-order valence-electron chi connectivity index (χ0n) is 11.8. The van der Waals surface area contributed by atoms with Crippen LogP contribution in [0.4, 0.5) is 0 Å². The Hall–Kier alpha value is -2.04. The normalized spacial score (nSPS) is 11.1. The summed E-state index contributed by atoms with van der Waals surface area (Å²) in [6.45, 7) is 1.62. The van der Waals surface area contributed by atoms with Crippen LogP contribution in [0.1, 0.15) is 12.5 Å². The smallest absolute Gasteiger partial charge is 0.277 e. The van der Waals surface area contributed by atoms with Gasteiger partial charge in [0.15, 0.2) is 6.61 Å². The van der Waals surface area contributed by atoms with Gasteiger partial charge >= 0.3 is 0 Å². The molecule has 0 heterocycles. The minimum absolute atomic E-state index is 0.188. The number of hydrogen-bond acceptors (Lipinski definition) is 3. The first-order valence-corrected chi connectivity index (χ1v) is 7.28. The molecule has 0 spiro atoms. The Morgan fingerprint density at radius 3 is 2.59 bits per heavy atom. The molecule has 0 bridgehead atoms. The molecule has 2 rings (SSSR count). The second kappa shape index (κ2) is 7.82. The molecule has 0 unspecified atom stereocenters. The van der Waals surface area contributed by atoms with E-state index < -0.39 is 0 Å². The van der Waals surface area contributed by atoms with Gasteiger partial charge in [-0.05, 0) is 30.7 Å². The average Bonchev–Trinajstić information content (AvgIpc) is 2.52. The van der Waals surface area contributed by atoms with E-state index in [9.17, 15) is 4.79 Å². The Kier molecular flexibility index (Phi) is 5.81. The summed E-state index contributed by atoms with van der Waals surface area (Å²) in [5, 5.41) is 4.88. The van der Waals surface area contributed by atoms with Crippen molar-refractivity contribution in [2.45, 2.75) is 6.92 Å². The predicted octanol–water partition coefficient (Wildman–Crippen LogP) is 3.91. The third-order valence-corrected chi connectivity index (χ3v) is 3.32. The van der Waals surface area contributed by atoms with Gasteiger partial charge in [0.1, 0.15) is 5.75 Å². The Bertz CT molecular complexity index is 688. The van der Waals surface area contributed by atoms with Crippen LogP contribution in [0.25, 0.3) is 0 Å². The lowest BCUT2D eigenvalue weighted by atomic mass is 10.1. The number of carbonyl (C=O) groups excluding carboxylic acids is 1. The van der Waals surface area contributed by atoms with Crippen LogP contribution in [0.2, 0.25) is 10.0 Å². The molecular weight excluding hydrogens is 323 g/mol. The zero-order valence-corrected chi connectivity index (χ0v) is 13.4. The van der Waals surface area contributed by atoms with E-state index in [4.69, 9.17) is 27.9 Å². The van der Waals surface area contributed by atoms with E-state index in [1.54, 1.807) is 18.2 Å². The summed E-state index contributed by atoms with van der Waals surface area (Å²) >= 11 is 11.7. The van der Waals surface area contributed by atoms with Crippen molar-refractivity contribution < 1.29 is 9.53 Å². The molecular formula is C16H14Cl2N2O2. The fourth-order valence-electron chi connectivity index (χ4n) is 1.66. The van der Waals surface area contributed by atoms with Crippen molar-refractivity contribution in [1.29, 1.82) is 0 Å². The number of rotatable bonds is 5. The molecule has 2 aromatic carbocycles. The van der Waals surface area contributed by atoms with E-state index in [-0.39, 0.29) is 12.5 Å². The molecule has 22 heavy (non-hydrogen) atoms. The van der Waals surface area contributed by atoms with Crippen molar-refractivity contribution in [1.82, 2.24) is 5.43 Å². The van der Waals surface area contributed by atoms with Crippen LogP contribution in [0.3, 0.4) is 0 Å². The molecule has 0 aliphatic heterocycles. The number of halogens is 2. The quantitative estimate of drug-likeness (QED) is 0.664. The molecule has 114 valence electrons. The van der Waals surface area contributed by atoms with Crippen molar-refractivity contribution in [2.75, 3.05) is 6.61 Å². The Morgan fingerprint density at radius 2 is 1.91 bits per heavy atom. The lowest BCUT2D eigenvalue weighted by molar-refractivity contribution is -0.123. The van der Waals surface area contributed by atoms with Gasteiger partial charge < -0.3 is 4.74 Å². The molecule has 0 atom stereocenters. The molecule has 6 heteroatoms. The highest BCUT2D eigenvalue weighted by molar-refractivity contribution is 6.35. The SMILES string of the molecule is C/C(=N/NC(=O)COc1ccc(Cl)cc1Cl)c1ccccc1. The van der Waals surface area contributed by atoms with Crippen LogP contribution in [0.5, 0.6) is 5.75 Å². The minimum atomic E-state index is -0.374. The number of carbonyl (C=O) groups is 1. The van der Waals surface area contributed by atoms with Gasteiger partial charge in [0.05, 0.1) is 10.7 Å². The number of ether oxygens (including phenoxy) is 1. The first-order chi connectivity index (χ1) is 10.6. The van der Waals surface area contributed by atoms with Crippen LogP contribution in [0.15, 0.2) is 53.6 Å². The monoisotopic (exact) mass is 336 g/mol. The number of nitrogens with one attached hydrogen (secondary N) is 1. The third-order valence-electron chi connectivity index (χ3n) is 2.79. The number of hydrazone groups is 1. The molecule has 2 aromatic rings. The van der Waals surface area contributed by atoms with Gasteiger partial charge in [-0.2, -0.15) is 5.10 Å². The zero-order chi connectivity index (χ0) is 15.9. The molecule has 0 saturated carbocycles. The van der Waals surface area contributed by atoms with Crippen LogP contribution >= 0.6 is 23.2 Å². The number of hydrogen-bond donors (Lipinski definition) is 1. The predicted molar refractivity (Wildman–Crippen MR) is 88.8 cm³/mol. The number of amides is 1. The van der Waals surface area contributed by atoms with Gasteiger partial charge in [0.2, 0.25) is 0 Å². The summed E-state index contributed by atoms with van der Waals surface area (Å²) in [4.78, 5) is 11.7. The van der Waals surface area contributed by atoms with Crippen molar-refractivity contribution in [3.05, 3.63) is 64.1 Å². The van der Waals surface area contributed by atoms with E-state index in [1.165, 1.54) is 0 Å². The Labute approximate surface area is 138 Å². The Morgan fingerprint density at radius 1 is 1.18 bits per heavy atom. The minimum Gasteiger partial charge on any atom is -0.482 e. The van der Waals surface area contributed by atoms with Crippen molar-refractivity contribution >= 4 is 34.8 Å². The van der Waals surface area contributed by atoms with Gasteiger partial charge in [0, 0.05) is 5.02 Å². The number of benzene rings is 2. The summed E-state index contributed by atoms with van der Waals surface area (Å²) in [7, 11) is 0. The summed E-state index contributed by atoms with van der Waals surface area (Å²) in [6, 6.07) is 14.3. The summed E-state index contributed by atoms with van der Waals surface area (Å²) < 4.78 is 5.32. The summed E-state index contributed by atoms with van der Waals surface area (Å²) in [5.74, 6) is 0.0197. The maximum absolute atomic E-state index is 11.7. The van der Waals surface area contributed by atoms with Crippen molar-refractivity contribution in [2.24, 2.45) is 5.10 Å². The van der Waals surface area contributed by atoms with Crippen LogP contribution in [0, 0.1) is 0 Å². The van der Waals surface area contributed by atoms with Crippen LogP contribution < -0.4 is 10.2 Å². The summed E-state index contributed by atoms with van der Waals surface area (Å²) in [5.41, 5.74) is 4.08. The molecule has 0 fully saturated rings. The first kappa shape index (κ1) is 16.3. The molecule has 0 radical (unpaired) electrons. The van der Waals surface area contributed by atoms with E-state index in [1.807, 2.05) is 37.3 Å². The largest absolute Gasteiger partial charge is 0.482 e. The van der Waals surface area contributed by atoms with Gasteiger partial charge in [-0.25, -0.2) is 5.43 Å². The van der Waals surface area contributed by atoms with Gasteiger partial charge in [-0.15, -0.1) is 0 Å². The van der Waals surface area contributed by atoms with Crippen LogP contribution in [-0.4, -0.2) is 18.2 Å². The van der Waals surface area contributed by atoms with Crippen molar-refractivity contribution in [3.63, 3.8) is 0 Å². The molecule has 0 saturated heterocycles. The number of nitrogens with zero attached hydrogens (tertiary/aromatic N) is 1. The lowest BCUT2D eigenvalue weighted by Crippen LogP contribution is -2.25. The maximum Gasteiger partial charge on any atom is 0.277 e. The fraction of sp³-hybridized carbons (Fsp3) is 0.125. The molecule has 1 N–H and O–H groups in total. The lowest BCUT2D eigenvalue weighted by Gasteiger charge is -2.07. The Balaban J connectivity index is 1.88. The highest BCUT2D eigenvalue weighted by Gasteiger charge is 2.06. The third kappa shape index (κ3) is 4.76. The van der Waals surface area contributed by atoms with Gasteiger partial charge in [-0.3, -0.25) is 4.79 Å². The topological polar surface area (TPSA) is 50.7 Å². The second-order valence-electron chi connectivity index (χ2n) is 4.46. The fourth-order valence-corrected chi connectivity index (χ4v) is 2.12. The summed E-state index contributed by atoms with van der Waals surface area (Å²) in [6.07, 6.45) is 0. The highest BCUT2D eigenvalue weighted by atomic mass is 35.5. The highest BCUT2D eigenvalue weighted by Crippen LogP contribution is 2.27.